The number of nitrogens with zero attached hydrogens (tertiary/aromatic N) is 1. The summed E-state index contributed by atoms with van der Waals surface area (Å²) >= 11 is 0. The number of aromatic nitrogens is 1. The van der Waals surface area contributed by atoms with Crippen molar-refractivity contribution in [3.63, 3.8) is 0 Å². The third-order valence-corrected chi connectivity index (χ3v) is 9.44. The van der Waals surface area contributed by atoms with Gasteiger partial charge in [0.2, 0.25) is 8.32 Å². The van der Waals surface area contributed by atoms with Crippen LogP contribution in [-0.4, -0.2) is 19.3 Å². The number of carbonyl (C=O) groups excluding carboxylic acids is 1. The Morgan fingerprint density at radius 3 is 2.62 bits per heavy atom. The van der Waals surface area contributed by atoms with Gasteiger partial charge in [-0.05, 0) is 56.5 Å². The fraction of sp³-hybridized carbons (Fsp3) is 0.407. The van der Waals surface area contributed by atoms with E-state index >= 15 is 0 Å². The maximum Gasteiger partial charge on any atom is 0.245 e. The van der Waals surface area contributed by atoms with Gasteiger partial charge in [0.1, 0.15) is 17.2 Å². The fourth-order valence-electron chi connectivity index (χ4n) is 5.83. The molecule has 0 saturated carbocycles. The van der Waals surface area contributed by atoms with Crippen LogP contribution in [0.5, 0.6) is 5.75 Å². The minimum atomic E-state index is -1.97. The van der Waals surface area contributed by atoms with Gasteiger partial charge in [0.05, 0.1) is 11.0 Å². The number of rotatable bonds is 5. The highest BCUT2D eigenvalue weighted by molar-refractivity contribution is 6.72. The van der Waals surface area contributed by atoms with Crippen LogP contribution in [0.2, 0.25) is 19.1 Å². The van der Waals surface area contributed by atoms with Crippen LogP contribution in [0.1, 0.15) is 59.5 Å². The normalized spacial score (nSPS) is 19.6. The summed E-state index contributed by atoms with van der Waals surface area (Å²) in [5, 5.41) is 4.54. The first kappa shape index (κ1) is 21.2. The summed E-state index contributed by atoms with van der Waals surface area (Å²) in [5.41, 5.74) is 4.76. The van der Waals surface area contributed by atoms with Gasteiger partial charge >= 0.3 is 0 Å². The van der Waals surface area contributed by atoms with E-state index in [9.17, 15) is 4.79 Å². The molecule has 2 aliphatic rings. The summed E-state index contributed by atoms with van der Waals surface area (Å²) in [5.74, 6) is 2.32. The number of hydrogen-bond donors (Lipinski definition) is 0. The minimum absolute atomic E-state index is 0.141. The number of carbonyl (C=O) groups is 1. The fourth-order valence-corrected chi connectivity index (χ4v) is 8.65. The molecule has 2 aliphatic carbocycles. The zero-order valence-corrected chi connectivity index (χ0v) is 20.6. The Hall–Kier alpha value is -2.66. The van der Waals surface area contributed by atoms with Crippen molar-refractivity contribution in [3.05, 3.63) is 70.5 Å². The molecule has 0 aliphatic heterocycles. The van der Waals surface area contributed by atoms with E-state index in [1.165, 1.54) is 5.56 Å². The lowest BCUT2D eigenvalue weighted by molar-refractivity contribution is 0.0893. The molecule has 32 heavy (non-hydrogen) atoms. The largest absolute Gasteiger partial charge is 0.544 e. The highest BCUT2D eigenvalue weighted by Gasteiger charge is 2.53. The zero-order valence-electron chi connectivity index (χ0n) is 19.6. The van der Waals surface area contributed by atoms with Gasteiger partial charge in [-0.2, -0.15) is 0 Å². The molecule has 1 heterocycles. The molecule has 1 unspecified atom stereocenters. The van der Waals surface area contributed by atoms with Crippen LogP contribution < -0.4 is 4.43 Å². The summed E-state index contributed by atoms with van der Waals surface area (Å²) in [6.07, 6.45) is 2.49. The Labute approximate surface area is 191 Å². The molecule has 0 radical (unpaired) electrons. The summed E-state index contributed by atoms with van der Waals surface area (Å²) < 4.78 is 12.5. The van der Waals surface area contributed by atoms with Crippen LogP contribution in [-0.2, 0) is 11.8 Å². The zero-order chi connectivity index (χ0) is 22.7. The van der Waals surface area contributed by atoms with Crippen LogP contribution >= 0.6 is 0 Å². The first-order chi connectivity index (χ1) is 15.2. The SMILES string of the molecule is Cc1ccc(C23CCCc4onc(c42)-c2c(O[Si](C)(C)CC(C)C)cccc2C3=O)cc1. The molecular weight excluding hydrogens is 414 g/mol. The van der Waals surface area contributed by atoms with Gasteiger partial charge in [0, 0.05) is 17.5 Å². The van der Waals surface area contributed by atoms with E-state index in [2.05, 4.69) is 63.3 Å². The Kier molecular flexibility index (Phi) is 4.93. The highest BCUT2D eigenvalue weighted by Crippen LogP contribution is 2.55. The van der Waals surface area contributed by atoms with E-state index in [1.54, 1.807) is 0 Å². The Morgan fingerprint density at radius 1 is 1.16 bits per heavy atom. The maximum absolute atomic E-state index is 14.3. The highest BCUT2D eigenvalue weighted by atomic mass is 28.4. The van der Waals surface area contributed by atoms with E-state index in [0.29, 0.717) is 11.5 Å². The molecule has 0 N–H and O–H groups in total. The molecule has 0 bridgehead atoms. The molecular formula is C27H31NO3Si. The number of fused-ring (bicyclic) bond motifs is 2. The average Bonchev–Trinajstić information content (AvgIpc) is 3.16. The Morgan fingerprint density at radius 2 is 1.91 bits per heavy atom. The molecule has 2 aromatic carbocycles. The quantitative estimate of drug-likeness (QED) is 0.410. The van der Waals surface area contributed by atoms with Gasteiger partial charge in [0.15, 0.2) is 5.78 Å². The van der Waals surface area contributed by atoms with Crippen LogP contribution in [0.15, 0.2) is 47.0 Å². The van der Waals surface area contributed by atoms with Crippen molar-refractivity contribution < 1.29 is 13.7 Å². The summed E-state index contributed by atoms with van der Waals surface area (Å²) in [4.78, 5) is 14.3. The van der Waals surface area contributed by atoms with E-state index in [4.69, 9.17) is 8.95 Å². The van der Waals surface area contributed by atoms with Gasteiger partial charge in [-0.1, -0.05) is 61.0 Å². The molecule has 3 aromatic rings. The number of hydrogen-bond acceptors (Lipinski definition) is 4. The van der Waals surface area contributed by atoms with E-state index in [-0.39, 0.29) is 5.78 Å². The predicted molar refractivity (Wildman–Crippen MR) is 129 cm³/mol. The standard InChI is InChI=1S/C27H31NO3Si/c1-17(2)16-32(4,5)31-21-9-6-8-20-23(21)25-24-22(30-28-25)10-7-15-27(24,26(20)29)19-13-11-18(3)12-14-19/h6,8-9,11-14,17H,7,10,15-16H2,1-5H3. The molecule has 1 atom stereocenters. The van der Waals surface area contributed by atoms with Crippen molar-refractivity contribution in [1.29, 1.82) is 0 Å². The van der Waals surface area contributed by atoms with Crippen molar-refractivity contribution in [2.24, 2.45) is 5.92 Å². The summed E-state index contributed by atoms with van der Waals surface area (Å²) in [7, 11) is -1.97. The number of Topliss-reactive ketones (excluding diaryl/α,β-unsaturated/α-hetero) is 1. The second kappa shape index (κ2) is 7.44. The second-order valence-corrected chi connectivity index (χ2v) is 14.6. The first-order valence-corrected chi connectivity index (χ1v) is 14.8. The predicted octanol–water partition coefficient (Wildman–Crippen LogP) is 6.71. The molecule has 5 rings (SSSR count). The van der Waals surface area contributed by atoms with Gasteiger partial charge in [-0.3, -0.25) is 4.79 Å². The first-order valence-electron chi connectivity index (χ1n) is 11.7. The van der Waals surface area contributed by atoms with Crippen molar-refractivity contribution in [2.45, 2.75) is 64.6 Å². The van der Waals surface area contributed by atoms with E-state index < -0.39 is 13.7 Å². The molecule has 0 fully saturated rings. The molecule has 0 amide bonds. The molecule has 166 valence electrons. The minimum Gasteiger partial charge on any atom is -0.544 e. The van der Waals surface area contributed by atoms with Gasteiger partial charge in [-0.15, -0.1) is 0 Å². The molecule has 1 aromatic heterocycles. The van der Waals surface area contributed by atoms with Gasteiger partial charge < -0.3 is 8.95 Å². The Balaban J connectivity index is 1.72. The lowest BCUT2D eigenvalue weighted by Gasteiger charge is -2.40. The third kappa shape index (κ3) is 3.17. The van der Waals surface area contributed by atoms with E-state index in [0.717, 1.165) is 59.2 Å². The molecule has 0 saturated heterocycles. The topological polar surface area (TPSA) is 52.3 Å². The van der Waals surface area contributed by atoms with Crippen molar-refractivity contribution in [2.75, 3.05) is 0 Å². The average molecular weight is 446 g/mol. The molecule has 5 heteroatoms. The number of aryl methyl sites for hydroxylation is 2. The van der Waals surface area contributed by atoms with Crippen molar-refractivity contribution in [1.82, 2.24) is 5.16 Å². The van der Waals surface area contributed by atoms with Crippen molar-refractivity contribution >= 4 is 14.1 Å². The maximum atomic E-state index is 14.3. The summed E-state index contributed by atoms with van der Waals surface area (Å²) in [6.45, 7) is 11.0. The van der Waals surface area contributed by atoms with Crippen LogP contribution in [0.3, 0.4) is 0 Å². The lowest BCUT2D eigenvalue weighted by Crippen LogP contribution is -2.43. The third-order valence-electron chi connectivity index (χ3n) is 6.87. The number of ketones is 1. The van der Waals surface area contributed by atoms with Crippen LogP contribution in [0.25, 0.3) is 11.3 Å². The lowest BCUT2D eigenvalue weighted by atomic mass is 9.60. The van der Waals surface area contributed by atoms with E-state index in [1.807, 2.05) is 18.2 Å². The van der Waals surface area contributed by atoms with Gasteiger partial charge in [-0.25, -0.2) is 0 Å². The Bertz CT molecular complexity index is 1190. The van der Waals surface area contributed by atoms with Gasteiger partial charge in [0.25, 0.3) is 0 Å². The van der Waals surface area contributed by atoms with Crippen LogP contribution in [0, 0.1) is 12.8 Å². The van der Waals surface area contributed by atoms with Crippen molar-refractivity contribution in [3.8, 4) is 17.0 Å². The molecule has 0 spiro atoms. The summed E-state index contributed by atoms with van der Waals surface area (Å²) in [6, 6.07) is 15.3. The second-order valence-electron chi connectivity index (χ2n) is 10.4. The molecule has 4 nitrogen and oxygen atoms in total. The monoisotopic (exact) mass is 445 g/mol. The smallest absolute Gasteiger partial charge is 0.245 e. The van der Waals surface area contributed by atoms with Crippen LogP contribution in [0.4, 0.5) is 0 Å². The number of benzene rings is 2.